The van der Waals surface area contributed by atoms with Crippen molar-refractivity contribution >= 4 is 18.0 Å². The van der Waals surface area contributed by atoms with Crippen LogP contribution in [0.2, 0.25) is 0 Å². The predicted molar refractivity (Wildman–Crippen MR) is 137 cm³/mol. The van der Waals surface area contributed by atoms with Gasteiger partial charge < -0.3 is 24.6 Å². The molecule has 10 nitrogen and oxygen atoms in total. The summed E-state index contributed by atoms with van der Waals surface area (Å²) < 4.78 is 11.0. The molecule has 3 aliphatic rings. The highest BCUT2D eigenvalue weighted by atomic mass is 16.5. The van der Waals surface area contributed by atoms with Crippen LogP contribution < -0.4 is 10.6 Å². The van der Waals surface area contributed by atoms with E-state index in [9.17, 15) is 14.9 Å². The zero-order valence-corrected chi connectivity index (χ0v) is 22.4. The second-order valence-corrected chi connectivity index (χ2v) is 10.5. The van der Waals surface area contributed by atoms with Crippen LogP contribution in [0.3, 0.4) is 0 Å². The van der Waals surface area contributed by atoms with Gasteiger partial charge in [-0.15, -0.1) is 0 Å². The molecule has 2 N–H and O–H groups in total. The van der Waals surface area contributed by atoms with Crippen LogP contribution in [0.4, 0.5) is 4.79 Å². The van der Waals surface area contributed by atoms with Gasteiger partial charge in [0.25, 0.3) is 0 Å². The SMILES string of the molecule is CCOC(=O)NC(=NC(CC1CCCCC1)C(=O)N(C)C1(C#N)CCNCC1)N1CC(C)OC(C)C1. The molecular formula is C26H44N6O4. The van der Waals surface area contributed by atoms with Crippen LogP contribution in [0.1, 0.15) is 72.1 Å². The van der Waals surface area contributed by atoms with Crippen LogP contribution in [0.15, 0.2) is 4.99 Å². The fraction of sp³-hybridized carbons (Fsp3) is 0.846. The lowest BCUT2D eigenvalue weighted by Crippen LogP contribution is -2.57. The topological polar surface area (TPSA) is 119 Å². The maximum atomic E-state index is 14.0. The number of nitriles is 1. The zero-order chi connectivity index (χ0) is 26.1. The Kier molecular flexibility index (Phi) is 10.4. The first kappa shape index (κ1) is 28.2. The van der Waals surface area contributed by atoms with E-state index in [1.807, 2.05) is 18.7 Å². The first-order chi connectivity index (χ1) is 17.3. The van der Waals surface area contributed by atoms with E-state index in [1.54, 1.807) is 18.9 Å². The Labute approximate surface area is 215 Å². The van der Waals surface area contributed by atoms with Crippen LogP contribution in [-0.4, -0.2) is 91.4 Å². The average Bonchev–Trinajstić information content (AvgIpc) is 2.87. The molecule has 36 heavy (non-hydrogen) atoms. The van der Waals surface area contributed by atoms with Crippen LogP contribution in [0, 0.1) is 17.2 Å². The van der Waals surface area contributed by atoms with Gasteiger partial charge in [-0.3, -0.25) is 10.1 Å². The van der Waals surface area contributed by atoms with Gasteiger partial charge in [-0.25, -0.2) is 9.79 Å². The summed E-state index contributed by atoms with van der Waals surface area (Å²) in [5, 5.41) is 16.2. The maximum Gasteiger partial charge on any atom is 0.413 e. The molecule has 10 heteroatoms. The average molecular weight is 505 g/mol. The van der Waals surface area contributed by atoms with Crippen LogP contribution in [0.25, 0.3) is 0 Å². The van der Waals surface area contributed by atoms with E-state index in [2.05, 4.69) is 16.7 Å². The maximum absolute atomic E-state index is 14.0. The van der Waals surface area contributed by atoms with Crippen molar-refractivity contribution in [2.75, 3.05) is 39.8 Å². The van der Waals surface area contributed by atoms with Gasteiger partial charge in [-0.05, 0) is 59.0 Å². The molecule has 2 heterocycles. The fourth-order valence-electron chi connectivity index (χ4n) is 5.69. The first-order valence-electron chi connectivity index (χ1n) is 13.6. The first-order valence-corrected chi connectivity index (χ1v) is 13.6. The number of hydrogen-bond acceptors (Lipinski definition) is 7. The molecule has 3 unspecified atom stereocenters. The summed E-state index contributed by atoms with van der Waals surface area (Å²) in [5.74, 6) is 0.568. The summed E-state index contributed by atoms with van der Waals surface area (Å²) in [4.78, 5) is 35.0. The summed E-state index contributed by atoms with van der Waals surface area (Å²) in [6.45, 7) is 8.43. The highest BCUT2D eigenvalue weighted by Gasteiger charge is 2.42. The molecule has 0 aromatic rings. The minimum Gasteiger partial charge on any atom is -0.450 e. The normalized spacial score (nSPS) is 26.0. The summed E-state index contributed by atoms with van der Waals surface area (Å²) in [7, 11) is 1.73. The number of piperidine rings is 1. The van der Waals surface area contributed by atoms with Gasteiger partial charge in [-0.2, -0.15) is 5.26 Å². The van der Waals surface area contributed by atoms with Gasteiger partial charge in [0, 0.05) is 20.1 Å². The minimum atomic E-state index is -0.848. The second-order valence-electron chi connectivity index (χ2n) is 10.5. The van der Waals surface area contributed by atoms with Crippen molar-refractivity contribution in [1.29, 1.82) is 5.26 Å². The molecule has 3 atom stereocenters. The third-order valence-corrected chi connectivity index (χ3v) is 7.66. The molecule has 0 aromatic carbocycles. The van der Waals surface area contributed by atoms with Crippen molar-refractivity contribution in [1.82, 2.24) is 20.4 Å². The zero-order valence-electron chi connectivity index (χ0n) is 22.4. The number of alkyl carbamates (subject to hydrolysis) is 1. The summed E-state index contributed by atoms with van der Waals surface area (Å²) in [6, 6.07) is 1.74. The van der Waals surface area contributed by atoms with Crippen molar-refractivity contribution in [3.63, 3.8) is 0 Å². The van der Waals surface area contributed by atoms with Crippen molar-refractivity contribution in [3.05, 3.63) is 0 Å². The lowest BCUT2D eigenvalue weighted by molar-refractivity contribution is -0.136. The molecule has 2 saturated heterocycles. The molecule has 2 aliphatic heterocycles. The monoisotopic (exact) mass is 504 g/mol. The molecule has 3 fully saturated rings. The van der Waals surface area contributed by atoms with E-state index in [-0.39, 0.29) is 24.7 Å². The Bertz CT molecular complexity index is 806. The van der Waals surface area contributed by atoms with E-state index in [0.717, 1.165) is 25.7 Å². The highest BCUT2D eigenvalue weighted by molar-refractivity contribution is 5.96. The van der Waals surface area contributed by atoms with Gasteiger partial charge in [0.15, 0.2) is 0 Å². The number of carbonyl (C=O) groups is 2. The number of likely N-dealkylation sites (N-methyl/N-ethyl adjacent to an activating group) is 1. The predicted octanol–water partition coefficient (Wildman–Crippen LogP) is 2.64. The summed E-state index contributed by atoms with van der Waals surface area (Å²) >= 11 is 0. The van der Waals surface area contributed by atoms with Crippen LogP contribution >= 0.6 is 0 Å². The lowest BCUT2D eigenvalue weighted by atomic mass is 9.83. The Morgan fingerprint density at radius 2 is 1.86 bits per heavy atom. The molecule has 202 valence electrons. The van der Waals surface area contributed by atoms with Gasteiger partial charge in [-0.1, -0.05) is 32.1 Å². The van der Waals surface area contributed by atoms with E-state index >= 15 is 0 Å². The van der Waals surface area contributed by atoms with Crippen LogP contribution in [0.5, 0.6) is 0 Å². The number of aliphatic imine (C=N–C) groups is 1. The summed E-state index contributed by atoms with van der Waals surface area (Å²) in [6.07, 6.45) is 6.77. The van der Waals surface area contributed by atoms with Crippen molar-refractivity contribution in [3.8, 4) is 6.07 Å². The number of ether oxygens (including phenoxy) is 2. The molecule has 0 bridgehead atoms. The van der Waals surface area contributed by atoms with Crippen LogP contribution in [-0.2, 0) is 14.3 Å². The van der Waals surface area contributed by atoms with E-state index in [4.69, 9.17) is 14.5 Å². The number of amides is 2. The molecule has 0 aromatic heterocycles. The number of morpholine rings is 1. The van der Waals surface area contributed by atoms with E-state index in [0.29, 0.717) is 57.3 Å². The summed E-state index contributed by atoms with van der Waals surface area (Å²) in [5.41, 5.74) is -0.848. The number of rotatable bonds is 6. The number of nitrogens with zero attached hydrogens (tertiary/aromatic N) is 4. The van der Waals surface area contributed by atoms with Gasteiger partial charge in [0.1, 0.15) is 11.6 Å². The van der Waals surface area contributed by atoms with Gasteiger partial charge >= 0.3 is 6.09 Å². The second kappa shape index (κ2) is 13.2. The van der Waals surface area contributed by atoms with Crippen molar-refractivity contribution < 1.29 is 19.1 Å². The fourth-order valence-corrected chi connectivity index (χ4v) is 5.69. The molecule has 2 amide bonds. The molecule has 1 saturated carbocycles. The van der Waals surface area contributed by atoms with E-state index in [1.165, 1.54) is 6.42 Å². The number of carbonyl (C=O) groups excluding carboxylic acids is 2. The molecule has 0 spiro atoms. The Morgan fingerprint density at radius 3 is 2.44 bits per heavy atom. The number of hydrogen-bond donors (Lipinski definition) is 2. The minimum absolute atomic E-state index is 0.0466. The van der Waals surface area contributed by atoms with Crippen molar-refractivity contribution in [2.24, 2.45) is 10.9 Å². The molecule has 3 rings (SSSR count). The lowest BCUT2D eigenvalue weighted by Gasteiger charge is -2.41. The standard InChI is InChI=1S/C26H44N6O4/c1-5-35-25(34)30-24(32-16-19(2)36-20(3)17-32)29-22(15-21-9-7-6-8-10-21)23(33)31(4)26(18-27)11-13-28-14-12-26/h19-22,28H,5-17H2,1-4H3,(H,29,30,34). The largest absolute Gasteiger partial charge is 0.450 e. The number of nitrogens with one attached hydrogen (secondary N) is 2. The van der Waals surface area contributed by atoms with E-state index < -0.39 is 17.7 Å². The smallest absolute Gasteiger partial charge is 0.413 e. The Balaban J connectivity index is 1.93. The highest BCUT2D eigenvalue weighted by Crippen LogP contribution is 2.31. The van der Waals surface area contributed by atoms with Gasteiger partial charge in [0.05, 0.1) is 24.9 Å². The van der Waals surface area contributed by atoms with Crippen molar-refractivity contribution in [2.45, 2.75) is 95.9 Å². The third kappa shape index (κ3) is 7.32. The number of guanidine groups is 1. The Hall–Kier alpha value is -2.38. The molecule has 0 radical (unpaired) electrons. The van der Waals surface area contributed by atoms with Gasteiger partial charge in [0.2, 0.25) is 11.9 Å². The molecule has 1 aliphatic carbocycles. The molecular weight excluding hydrogens is 460 g/mol. The Morgan fingerprint density at radius 1 is 1.22 bits per heavy atom. The third-order valence-electron chi connectivity index (χ3n) is 7.66. The quantitative estimate of drug-likeness (QED) is 0.422.